The van der Waals surface area contributed by atoms with Crippen LogP contribution in [0.4, 0.5) is 0 Å². The highest BCUT2D eigenvalue weighted by Gasteiger charge is 2.24. The molecule has 1 aromatic carbocycles. The largest absolute Gasteiger partial charge is 0.422 e. The van der Waals surface area contributed by atoms with Gasteiger partial charge in [0.25, 0.3) is 0 Å². The number of allylic oxidation sites excluding steroid dienone is 3. The molecule has 1 aliphatic rings. The van der Waals surface area contributed by atoms with Crippen molar-refractivity contribution in [3.8, 4) is 0 Å². The lowest BCUT2D eigenvalue weighted by molar-refractivity contribution is 0.0716. The monoisotopic (exact) mass is 186 g/mol. The van der Waals surface area contributed by atoms with Gasteiger partial charge in [-0.3, -0.25) is 0 Å². The van der Waals surface area contributed by atoms with Crippen molar-refractivity contribution in [1.29, 1.82) is 0 Å². The molecule has 0 spiro atoms. The number of rotatable bonds is 1. The smallest absolute Gasteiger partial charge is 0.344 e. The topological polar surface area (TPSA) is 26.3 Å². The zero-order valence-electron chi connectivity index (χ0n) is 7.86. The van der Waals surface area contributed by atoms with Gasteiger partial charge < -0.3 is 4.74 Å². The number of hydrogen-bond acceptors (Lipinski definition) is 2. The van der Waals surface area contributed by atoms with E-state index < -0.39 is 0 Å². The molecule has 0 radical (unpaired) electrons. The van der Waals surface area contributed by atoms with Gasteiger partial charge in [0.15, 0.2) is 0 Å². The van der Waals surface area contributed by atoms with E-state index in [4.69, 9.17) is 4.74 Å². The maximum Gasteiger partial charge on any atom is 0.344 e. The van der Waals surface area contributed by atoms with E-state index >= 15 is 0 Å². The van der Waals surface area contributed by atoms with Crippen LogP contribution >= 0.6 is 0 Å². The molecule has 0 bridgehead atoms. The zero-order chi connectivity index (χ0) is 9.97. The van der Waals surface area contributed by atoms with Gasteiger partial charge in [0.2, 0.25) is 0 Å². The Bertz CT molecular complexity index is 428. The van der Waals surface area contributed by atoms with Crippen molar-refractivity contribution in [2.45, 2.75) is 6.92 Å². The first-order valence-corrected chi connectivity index (χ1v) is 4.47. The van der Waals surface area contributed by atoms with E-state index in [9.17, 15) is 4.79 Å². The fourth-order valence-electron chi connectivity index (χ4n) is 1.39. The molecule has 0 fully saturated rings. The Hall–Kier alpha value is -1.83. The number of carbonyl (C=O) groups is 1. The lowest BCUT2D eigenvalue weighted by Crippen LogP contribution is -1.92. The summed E-state index contributed by atoms with van der Waals surface area (Å²) in [5.41, 5.74) is 1.51. The SMILES string of the molecule is C/C=C/C=C1/OC(=O)c2ccccc21. The number of benzene rings is 1. The summed E-state index contributed by atoms with van der Waals surface area (Å²) in [6.45, 7) is 1.92. The molecule has 2 rings (SSSR count). The summed E-state index contributed by atoms with van der Waals surface area (Å²) in [6.07, 6.45) is 5.54. The Labute approximate surface area is 82.5 Å². The molecular weight excluding hydrogens is 176 g/mol. The third kappa shape index (κ3) is 1.35. The molecule has 0 saturated heterocycles. The molecular formula is C12H10O2. The minimum Gasteiger partial charge on any atom is -0.422 e. The van der Waals surface area contributed by atoms with E-state index in [1.807, 2.05) is 37.3 Å². The Kier molecular flexibility index (Phi) is 2.19. The van der Waals surface area contributed by atoms with Gasteiger partial charge in [0.05, 0.1) is 5.56 Å². The van der Waals surface area contributed by atoms with Crippen molar-refractivity contribution in [1.82, 2.24) is 0 Å². The summed E-state index contributed by atoms with van der Waals surface area (Å²) >= 11 is 0. The standard InChI is InChI=1S/C12H10O2/c1-2-3-8-11-9-6-4-5-7-10(9)12(13)14-11/h2-8H,1H3/b3-2+,11-8+. The second-order valence-corrected chi connectivity index (χ2v) is 2.99. The predicted molar refractivity (Wildman–Crippen MR) is 54.6 cm³/mol. The van der Waals surface area contributed by atoms with Gasteiger partial charge in [-0.1, -0.05) is 30.4 Å². The van der Waals surface area contributed by atoms with Gasteiger partial charge in [-0.25, -0.2) is 4.79 Å². The van der Waals surface area contributed by atoms with Gasteiger partial charge in [0.1, 0.15) is 5.76 Å². The molecule has 0 N–H and O–H groups in total. The Morgan fingerprint density at radius 1 is 1.21 bits per heavy atom. The lowest BCUT2D eigenvalue weighted by atomic mass is 10.1. The van der Waals surface area contributed by atoms with E-state index in [0.29, 0.717) is 11.3 Å². The van der Waals surface area contributed by atoms with Crippen molar-refractivity contribution in [2.75, 3.05) is 0 Å². The summed E-state index contributed by atoms with van der Waals surface area (Å²) in [6, 6.07) is 7.38. The number of hydrogen-bond donors (Lipinski definition) is 0. The first-order valence-electron chi connectivity index (χ1n) is 4.47. The highest BCUT2D eigenvalue weighted by atomic mass is 16.5. The fourth-order valence-corrected chi connectivity index (χ4v) is 1.39. The average molecular weight is 186 g/mol. The highest BCUT2D eigenvalue weighted by Crippen LogP contribution is 2.28. The molecule has 1 heterocycles. The van der Waals surface area contributed by atoms with Crippen molar-refractivity contribution in [3.63, 3.8) is 0 Å². The van der Waals surface area contributed by atoms with Crippen LogP contribution in [0.15, 0.2) is 42.5 Å². The molecule has 14 heavy (non-hydrogen) atoms. The molecule has 0 amide bonds. The van der Waals surface area contributed by atoms with Crippen molar-refractivity contribution >= 4 is 11.7 Å². The zero-order valence-corrected chi connectivity index (χ0v) is 7.86. The Morgan fingerprint density at radius 2 is 1.93 bits per heavy atom. The number of ether oxygens (including phenoxy) is 1. The van der Waals surface area contributed by atoms with Gasteiger partial charge in [-0.15, -0.1) is 0 Å². The summed E-state index contributed by atoms with van der Waals surface area (Å²) in [7, 11) is 0. The fraction of sp³-hybridized carbons (Fsp3) is 0.0833. The van der Waals surface area contributed by atoms with Crippen molar-refractivity contribution in [2.24, 2.45) is 0 Å². The van der Waals surface area contributed by atoms with Crippen LogP contribution in [0, 0.1) is 0 Å². The summed E-state index contributed by atoms with van der Waals surface area (Å²) in [4.78, 5) is 11.4. The first-order chi connectivity index (χ1) is 6.83. The van der Waals surface area contributed by atoms with Crippen LogP contribution < -0.4 is 0 Å². The van der Waals surface area contributed by atoms with E-state index in [2.05, 4.69) is 0 Å². The minimum absolute atomic E-state index is 0.267. The lowest BCUT2D eigenvalue weighted by Gasteiger charge is -1.94. The average Bonchev–Trinajstić information content (AvgIpc) is 2.54. The van der Waals surface area contributed by atoms with Gasteiger partial charge in [0, 0.05) is 5.56 Å². The summed E-state index contributed by atoms with van der Waals surface area (Å²) in [5, 5.41) is 0. The summed E-state index contributed by atoms with van der Waals surface area (Å²) in [5.74, 6) is 0.361. The van der Waals surface area contributed by atoms with E-state index in [-0.39, 0.29) is 5.97 Å². The van der Waals surface area contributed by atoms with Gasteiger partial charge >= 0.3 is 5.97 Å². The van der Waals surface area contributed by atoms with Crippen LogP contribution in [0.5, 0.6) is 0 Å². The van der Waals surface area contributed by atoms with Crippen LogP contribution in [-0.4, -0.2) is 5.97 Å². The maximum absolute atomic E-state index is 11.4. The molecule has 0 atom stereocenters. The van der Waals surface area contributed by atoms with E-state index in [1.165, 1.54) is 0 Å². The first kappa shape index (κ1) is 8.75. The molecule has 0 unspecified atom stereocenters. The molecule has 0 saturated carbocycles. The molecule has 70 valence electrons. The third-order valence-corrected chi connectivity index (χ3v) is 2.06. The number of esters is 1. The van der Waals surface area contributed by atoms with Crippen molar-refractivity contribution < 1.29 is 9.53 Å². The van der Waals surface area contributed by atoms with Crippen molar-refractivity contribution in [3.05, 3.63) is 53.6 Å². The predicted octanol–water partition coefficient (Wildman–Crippen LogP) is 2.77. The van der Waals surface area contributed by atoms with Crippen LogP contribution in [0.1, 0.15) is 22.8 Å². The number of cyclic esters (lactones) is 1. The van der Waals surface area contributed by atoms with Crippen LogP contribution in [0.2, 0.25) is 0 Å². The minimum atomic E-state index is -0.267. The number of carbonyl (C=O) groups excluding carboxylic acids is 1. The van der Waals surface area contributed by atoms with E-state index in [1.54, 1.807) is 12.1 Å². The van der Waals surface area contributed by atoms with Crippen LogP contribution in [0.3, 0.4) is 0 Å². The second-order valence-electron chi connectivity index (χ2n) is 2.99. The normalized spacial score (nSPS) is 17.5. The highest BCUT2D eigenvalue weighted by molar-refractivity contribution is 6.03. The molecule has 0 aliphatic carbocycles. The maximum atomic E-state index is 11.4. The molecule has 1 aliphatic heterocycles. The number of fused-ring (bicyclic) bond motifs is 1. The molecule has 1 aromatic rings. The second kappa shape index (κ2) is 3.50. The molecule has 0 aromatic heterocycles. The van der Waals surface area contributed by atoms with E-state index in [0.717, 1.165) is 5.56 Å². The molecule has 2 heteroatoms. The van der Waals surface area contributed by atoms with Gasteiger partial charge in [-0.2, -0.15) is 0 Å². The Balaban J connectivity index is 2.49. The van der Waals surface area contributed by atoms with Gasteiger partial charge in [-0.05, 0) is 19.1 Å². The third-order valence-electron chi connectivity index (χ3n) is 2.06. The van der Waals surface area contributed by atoms with Crippen LogP contribution in [-0.2, 0) is 4.74 Å². The Morgan fingerprint density at radius 3 is 2.64 bits per heavy atom. The quantitative estimate of drug-likeness (QED) is 0.630. The summed E-state index contributed by atoms with van der Waals surface area (Å²) < 4.78 is 5.10. The molecule has 2 nitrogen and oxygen atoms in total. The van der Waals surface area contributed by atoms with Crippen LogP contribution in [0.25, 0.3) is 5.76 Å².